The maximum absolute atomic E-state index is 12.7. The molecule has 0 saturated carbocycles. The smallest absolute Gasteiger partial charge is 0.407 e. The first-order chi connectivity index (χ1) is 18.1. The summed E-state index contributed by atoms with van der Waals surface area (Å²) in [5, 5.41) is 16.3. The Morgan fingerprint density at radius 3 is 2.78 bits per heavy atom. The second-order valence-electron chi connectivity index (χ2n) is 9.55. The number of carbonyl (C=O) groups excluding carboxylic acids is 2. The van der Waals surface area contributed by atoms with Crippen LogP contribution < -0.4 is 15.4 Å². The number of rotatable bonds is 10. The van der Waals surface area contributed by atoms with Crippen molar-refractivity contribution < 1.29 is 23.8 Å². The minimum atomic E-state index is -0.375. The number of alkyl carbamates (subject to hydrolysis) is 1. The minimum absolute atomic E-state index is 0.123. The molecule has 37 heavy (non-hydrogen) atoms. The van der Waals surface area contributed by atoms with Gasteiger partial charge in [0, 0.05) is 31.1 Å². The predicted molar refractivity (Wildman–Crippen MR) is 142 cm³/mol. The molecular formula is C28H35N3O5S. The molecule has 1 aromatic heterocycles. The Kier molecular flexibility index (Phi) is 9.80. The normalized spacial score (nSPS) is 17.4. The highest BCUT2D eigenvalue weighted by atomic mass is 32.1. The summed E-state index contributed by atoms with van der Waals surface area (Å²) in [6.45, 7) is 4.98. The number of nitrogens with one attached hydrogen (secondary N) is 2. The van der Waals surface area contributed by atoms with Crippen LogP contribution in [-0.2, 0) is 33.5 Å². The molecule has 2 heterocycles. The van der Waals surface area contributed by atoms with Crippen LogP contribution in [0, 0.1) is 23.2 Å². The van der Waals surface area contributed by atoms with Crippen molar-refractivity contribution in [1.29, 1.82) is 5.26 Å². The molecule has 198 valence electrons. The van der Waals surface area contributed by atoms with E-state index in [0.717, 1.165) is 67.1 Å². The number of nitrogens with zero attached hydrogens (tertiary/aromatic N) is 1. The Bertz CT molecular complexity index is 1120. The zero-order chi connectivity index (χ0) is 26.0. The Morgan fingerprint density at radius 1 is 1.19 bits per heavy atom. The number of para-hydroxylation sites is 1. The average molecular weight is 526 g/mol. The highest BCUT2D eigenvalue weighted by Crippen LogP contribution is 2.39. The van der Waals surface area contributed by atoms with E-state index in [1.165, 1.54) is 11.3 Å². The molecule has 1 aromatic carbocycles. The van der Waals surface area contributed by atoms with Crippen LogP contribution in [-0.4, -0.2) is 45.0 Å². The molecule has 0 radical (unpaired) electrons. The first-order valence-corrected chi connectivity index (χ1v) is 13.9. The summed E-state index contributed by atoms with van der Waals surface area (Å²) in [5.41, 5.74) is 2.58. The molecule has 0 spiro atoms. The lowest BCUT2D eigenvalue weighted by molar-refractivity contribution is -0.116. The molecule has 2 amide bonds. The van der Waals surface area contributed by atoms with Crippen molar-refractivity contribution in [2.24, 2.45) is 11.8 Å². The van der Waals surface area contributed by atoms with Gasteiger partial charge in [-0.3, -0.25) is 4.79 Å². The number of fused-ring (bicyclic) bond motifs is 1. The molecule has 1 unspecified atom stereocenters. The maximum Gasteiger partial charge on any atom is 0.407 e. The van der Waals surface area contributed by atoms with Crippen molar-refractivity contribution in [1.82, 2.24) is 5.32 Å². The van der Waals surface area contributed by atoms with Gasteiger partial charge in [-0.05, 0) is 74.5 Å². The Balaban J connectivity index is 1.27. The molecule has 0 bridgehead atoms. The van der Waals surface area contributed by atoms with Crippen molar-refractivity contribution in [3.05, 3.63) is 45.8 Å². The van der Waals surface area contributed by atoms with Gasteiger partial charge in [0.2, 0.25) is 5.91 Å². The summed E-state index contributed by atoms with van der Waals surface area (Å²) in [6, 6.07) is 10.0. The van der Waals surface area contributed by atoms with Crippen LogP contribution >= 0.6 is 11.3 Å². The highest BCUT2D eigenvalue weighted by Gasteiger charge is 2.27. The largest absolute Gasteiger partial charge is 0.494 e. The van der Waals surface area contributed by atoms with Gasteiger partial charge in [0.15, 0.2) is 0 Å². The van der Waals surface area contributed by atoms with Gasteiger partial charge in [-0.15, -0.1) is 11.3 Å². The van der Waals surface area contributed by atoms with E-state index >= 15 is 0 Å². The summed E-state index contributed by atoms with van der Waals surface area (Å²) >= 11 is 1.47. The van der Waals surface area contributed by atoms with Gasteiger partial charge >= 0.3 is 6.09 Å². The van der Waals surface area contributed by atoms with Crippen molar-refractivity contribution in [2.75, 3.05) is 38.3 Å². The molecule has 1 aliphatic heterocycles. The lowest BCUT2D eigenvalue weighted by Crippen LogP contribution is -2.33. The molecule has 9 heteroatoms. The van der Waals surface area contributed by atoms with Crippen LogP contribution in [0.15, 0.2) is 24.3 Å². The summed E-state index contributed by atoms with van der Waals surface area (Å²) in [7, 11) is 0. The number of aryl methyl sites for hydroxylation is 1. The minimum Gasteiger partial charge on any atom is -0.494 e. The number of hydrogen-bond acceptors (Lipinski definition) is 7. The summed E-state index contributed by atoms with van der Waals surface area (Å²) in [4.78, 5) is 26.0. The number of amides is 2. The van der Waals surface area contributed by atoms with Gasteiger partial charge in [0.25, 0.3) is 0 Å². The van der Waals surface area contributed by atoms with E-state index in [9.17, 15) is 14.9 Å². The van der Waals surface area contributed by atoms with Gasteiger partial charge < -0.3 is 24.8 Å². The van der Waals surface area contributed by atoms with Crippen LogP contribution in [0.3, 0.4) is 0 Å². The topological polar surface area (TPSA) is 110 Å². The number of anilines is 1. The van der Waals surface area contributed by atoms with Gasteiger partial charge in [-0.2, -0.15) is 5.26 Å². The van der Waals surface area contributed by atoms with Gasteiger partial charge in [-0.25, -0.2) is 4.79 Å². The molecule has 2 aromatic rings. The second kappa shape index (κ2) is 13.5. The summed E-state index contributed by atoms with van der Waals surface area (Å²) < 4.78 is 16.5. The highest BCUT2D eigenvalue weighted by molar-refractivity contribution is 7.16. The van der Waals surface area contributed by atoms with E-state index in [2.05, 4.69) is 16.7 Å². The SMILES string of the molecule is CCOc1ccccc1CCC(=O)Nc1sc2c(c1C#N)CCC(COC(=O)NCC1CCOCC1)C2. The fourth-order valence-corrected chi connectivity index (χ4v) is 6.20. The van der Waals surface area contributed by atoms with Crippen LogP contribution in [0.5, 0.6) is 5.75 Å². The lowest BCUT2D eigenvalue weighted by Gasteiger charge is -2.23. The van der Waals surface area contributed by atoms with Crippen LogP contribution in [0.2, 0.25) is 0 Å². The molecule has 1 fully saturated rings. The predicted octanol–water partition coefficient (Wildman–Crippen LogP) is 4.85. The number of nitriles is 1. The van der Waals surface area contributed by atoms with Crippen molar-refractivity contribution >= 4 is 28.3 Å². The van der Waals surface area contributed by atoms with Crippen LogP contribution in [0.4, 0.5) is 9.80 Å². The fraction of sp³-hybridized carbons (Fsp3) is 0.536. The van der Waals surface area contributed by atoms with Crippen molar-refractivity contribution in [3.63, 3.8) is 0 Å². The molecule has 1 saturated heterocycles. The quantitative estimate of drug-likeness (QED) is 0.459. The molecule has 2 N–H and O–H groups in total. The second-order valence-corrected chi connectivity index (χ2v) is 10.7. The number of ether oxygens (including phenoxy) is 3. The lowest BCUT2D eigenvalue weighted by atomic mass is 9.88. The first kappa shape index (κ1) is 27.0. The fourth-order valence-electron chi connectivity index (χ4n) is 4.87. The first-order valence-electron chi connectivity index (χ1n) is 13.1. The third-order valence-electron chi connectivity index (χ3n) is 6.95. The summed E-state index contributed by atoms with van der Waals surface area (Å²) in [6.07, 6.45) is 4.73. The number of benzene rings is 1. The summed E-state index contributed by atoms with van der Waals surface area (Å²) in [5.74, 6) is 1.32. The zero-order valence-corrected chi connectivity index (χ0v) is 22.2. The van der Waals surface area contributed by atoms with E-state index in [4.69, 9.17) is 14.2 Å². The molecule has 1 atom stereocenters. The zero-order valence-electron chi connectivity index (χ0n) is 21.3. The van der Waals surface area contributed by atoms with Gasteiger partial charge in [-0.1, -0.05) is 18.2 Å². The van der Waals surface area contributed by atoms with E-state index in [-0.39, 0.29) is 17.9 Å². The third-order valence-corrected chi connectivity index (χ3v) is 8.12. The molecule has 1 aliphatic carbocycles. The van der Waals surface area contributed by atoms with E-state index in [1.54, 1.807) is 0 Å². The number of carbonyl (C=O) groups is 2. The Labute approximate surface area is 222 Å². The Morgan fingerprint density at radius 2 is 2.00 bits per heavy atom. The molecule has 4 rings (SSSR count). The van der Waals surface area contributed by atoms with Crippen LogP contribution in [0.1, 0.15) is 54.2 Å². The maximum atomic E-state index is 12.7. The van der Waals surface area contributed by atoms with Crippen LogP contribution in [0.25, 0.3) is 0 Å². The third kappa shape index (κ3) is 7.46. The monoisotopic (exact) mass is 525 g/mol. The van der Waals surface area contributed by atoms with E-state index in [0.29, 0.717) is 49.1 Å². The molecule has 8 nitrogen and oxygen atoms in total. The van der Waals surface area contributed by atoms with E-state index in [1.807, 2.05) is 31.2 Å². The Hall–Kier alpha value is -3.09. The molecular weight excluding hydrogens is 490 g/mol. The number of thiophene rings is 1. The van der Waals surface area contributed by atoms with Gasteiger partial charge in [0.05, 0.1) is 18.8 Å². The van der Waals surface area contributed by atoms with Crippen molar-refractivity contribution in [3.8, 4) is 11.8 Å². The van der Waals surface area contributed by atoms with Crippen molar-refractivity contribution in [2.45, 2.75) is 51.9 Å². The van der Waals surface area contributed by atoms with E-state index < -0.39 is 0 Å². The number of hydrogen-bond donors (Lipinski definition) is 2. The van der Waals surface area contributed by atoms with Gasteiger partial charge in [0.1, 0.15) is 16.8 Å². The average Bonchev–Trinajstić information content (AvgIpc) is 3.27. The standard InChI is InChI=1S/C28H35N3O5S/c1-2-35-24-6-4-3-5-21(24)8-10-26(32)31-27-23(16-29)22-9-7-20(15-25(22)37-27)18-36-28(33)30-17-19-11-13-34-14-12-19/h3-6,19-20H,2,7-15,17-18H2,1H3,(H,30,33)(H,31,32). The molecule has 2 aliphatic rings.